The third-order valence-corrected chi connectivity index (χ3v) is 4.14. The standard InChI is InChI=1S/C15H17N3O2S/c1-2-16-12(9-21-15-17-6-3-7-18-15)11-4-5-13-14(8-11)20-10-19-13/h3-8,12,16H,2,9-10H2,1H3. The van der Waals surface area contributed by atoms with Crippen LogP contribution in [-0.4, -0.2) is 29.1 Å². The van der Waals surface area contributed by atoms with E-state index in [9.17, 15) is 0 Å². The molecule has 1 aliphatic rings. The summed E-state index contributed by atoms with van der Waals surface area (Å²) in [6.07, 6.45) is 3.52. The predicted molar refractivity (Wildman–Crippen MR) is 81.7 cm³/mol. The van der Waals surface area contributed by atoms with Crippen LogP contribution in [0.15, 0.2) is 41.8 Å². The molecular weight excluding hydrogens is 286 g/mol. The fraction of sp³-hybridized carbons (Fsp3) is 0.333. The molecule has 21 heavy (non-hydrogen) atoms. The zero-order valence-corrected chi connectivity index (χ0v) is 12.6. The molecule has 1 atom stereocenters. The maximum Gasteiger partial charge on any atom is 0.231 e. The molecule has 1 N–H and O–H groups in total. The van der Waals surface area contributed by atoms with Crippen LogP contribution in [0.5, 0.6) is 11.5 Å². The summed E-state index contributed by atoms with van der Waals surface area (Å²) < 4.78 is 10.8. The molecule has 0 amide bonds. The van der Waals surface area contributed by atoms with Gasteiger partial charge in [-0.2, -0.15) is 0 Å². The van der Waals surface area contributed by atoms with Crippen molar-refractivity contribution in [3.05, 3.63) is 42.2 Å². The highest BCUT2D eigenvalue weighted by molar-refractivity contribution is 7.99. The van der Waals surface area contributed by atoms with E-state index >= 15 is 0 Å². The number of rotatable bonds is 6. The zero-order chi connectivity index (χ0) is 14.5. The Balaban J connectivity index is 1.72. The van der Waals surface area contributed by atoms with Gasteiger partial charge in [0.25, 0.3) is 0 Å². The van der Waals surface area contributed by atoms with Crippen molar-refractivity contribution < 1.29 is 9.47 Å². The third kappa shape index (κ3) is 3.46. The van der Waals surface area contributed by atoms with E-state index in [2.05, 4.69) is 28.3 Å². The number of hydrogen-bond acceptors (Lipinski definition) is 6. The lowest BCUT2D eigenvalue weighted by Crippen LogP contribution is -2.23. The summed E-state index contributed by atoms with van der Waals surface area (Å²) in [4.78, 5) is 8.48. The Hall–Kier alpha value is -1.79. The van der Waals surface area contributed by atoms with Crippen molar-refractivity contribution in [3.8, 4) is 11.5 Å². The number of hydrogen-bond donors (Lipinski definition) is 1. The molecule has 3 rings (SSSR count). The van der Waals surface area contributed by atoms with Crippen LogP contribution in [-0.2, 0) is 0 Å². The molecule has 0 radical (unpaired) electrons. The van der Waals surface area contributed by atoms with Gasteiger partial charge in [0, 0.05) is 24.2 Å². The van der Waals surface area contributed by atoms with Crippen molar-refractivity contribution in [1.29, 1.82) is 0 Å². The molecule has 0 aliphatic carbocycles. The minimum Gasteiger partial charge on any atom is -0.454 e. The van der Waals surface area contributed by atoms with E-state index in [0.717, 1.165) is 29.0 Å². The lowest BCUT2D eigenvalue weighted by molar-refractivity contribution is 0.174. The van der Waals surface area contributed by atoms with Crippen LogP contribution in [0.25, 0.3) is 0 Å². The van der Waals surface area contributed by atoms with Gasteiger partial charge in [0.05, 0.1) is 0 Å². The minimum absolute atomic E-state index is 0.221. The summed E-state index contributed by atoms with van der Waals surface area (Å²) >= 11 is 1.64. The first-order valence-corrected chi connectivity index (χ1v) is 7.88. The second-order valence-electron chi connectivity index (χ2n) is 4.57. The van der Waals surface area contributed by atoms with E-state index < -0.39 is 0 Å². The molecule has 0 saturated carbocycles. The Morgan fingerprint density at radius 3 is 2.86 bits per heavy atom. The first kappa shape index (κ1) is 14.2. The molecule has 5 nitrogen and oxygen atoms in total. The lowest BCUT2D eigenvalue weighted by Gasteiger charge is -2.18. The fourth-order valence-electron chi connectivity index (χ4n) is 2.17. The number of aromatic nitrogens is 2. The normalized spacial score (nSPS) is 14.1. The molecule has 110 valence electrons. The highest BCUT2D eigenvalue weighted by Crippen LogP contribution is 2.35. The van der Waals surface area contributed by atoms with Gasteiger partial charge in [-0.15, -0.1) is 0 Å². The SMILES string of the molecule is CCNC(CSc1ncccn1)c1ccc2c(c1)OCO2. The van der Waals surface area contributed by atoms with Gasteiger partial charge in [-0.3, -0.25) is 0 Å². The molecule has 6 heteroatoms. The van der Waals surface area contributed by atoms with Crippen LogP contribution in [0.3, 0.4) is 0 Å². The van der Waals surface area contributed by atoms with Gasteiger partial charge in [-0.25, -0.2) is 9.97 Å². The second-order valence-corrected chi connectivity index (χ2v) is 5.55. The summed E-state index contributed by atoms with van der Waals surface area (Å²) in [7, 11) is 0. The average Bonchev–Trinajstić information content (AvgIpc) is 3.00. The Labute approximate surface area is 128 Å². The molecule has 1 unspecified atom stereocenters. The molecule has 0 saturated heterocycles. The van der Waals surface area contributed by atoms with Crippen molar-refractivity contribution in [1.82, 2.24) is 15.3 Å². The number of nitrogens with one attached hydrogen (secondary N) is 1. The lowest BCUT2D eigenvalue weighted by atomic mass is 10.1. The van der Waals surface area contributed by atoms with Crippen LogP contribution in [0.4, 0.5) is 0 Å². The van der Waals surface area contributed by atoms with Gasteiger partial charge in [0.2, 0.25) is 6.79 Å². The molecule has 1 aromatic carbocycles. The molecule has 1 aromatic heterocycles. The summed E-state index contributed by atoms with van der Waals surface area (Å²) in [5.74, 6) is 2.49. The Bertz CT molecular complexity index is 595. The fourth-order valence-corrected chi connectivity index (χ4v) is 3.06. The van der Waals surface area contributed by atoms with E-state index in [1.54, 1.807) is 24.2 Å². The van der Waals surface area contributed by atoms with Gasteiger partial charge < -0.3 is 14.8 Å². The van der Waals surface area contributed by atoms with Gasteiger partial charge in [0.1, 0.15) is 0 Å². The average molecular weight is 303 g/mol. The highest BCUT2D eigenvalue weighted by atomic mass is 32.2. The maximum absolute atomic E-state index is 5.45. The van der Waals surface area contributed by atoms with Crippen LogP contribution >= 0.6 is 11.8 Å². The monoisotopic (exact) mass is 303 g/mol. The smallest absolute Gasteiger partial charge is 0.231 e. The Morgan fingerprint density at radius 1 is 1.24 bits per heavy atom. The molecule has 1 aliphatic heterocycles. The maximum atomic E-state index is 5.45. The summed E-state index contributed by atoms with van der Waals surface area (Å²) in [6, 6.07) is 8.13. The molecule has 2 heterocycles. The van der Waals surface area contributed by atoms with Crippen molar-refractivity contribution in [2.75, 3.05) is 19.1 Å². The van der Waals surface area contributed by atoms with E-state index in [-0.39, 0.29) is 6.04 Å². The van der Waals surface area contributed by atoms with Gasteiger partial charge >= 0.3 is 0 Å². The van der Waals surface area contributed by atoms with Gasteiger partial charge in [-0.05, 0) is 30.3 Å². The third-order valence-electron chi connectivity index (χ3n) is 3.17. The number of fused-ring (bicyclic) bond motifs is 1. The number of benzene rings is 1. The number of thioether (sulfide) groups is 1. The Morgan fingerprint density at radius 2 is 2.05 bits per heavy atom. The Kier molecular flexibility index (Phi) is 4.57. The highest BCUT2D eigenvalue weighted by Gasteiger charge is 2.18. The molecule has 2 aromatic rings. The first-order valence-electron chi connectivity index (χ1n) is 6.89. The summed E-state index contributed by atoms with van der Waals surface area (Å²) in [5, 5.41) is 4.28. The van der Waals surface area contributed by atoms with E-state index in [0.29, 0.717) is 6.79 Å². The van der Waals surface area contributed by atoms with Crippen LogP contribution in [0.2, 0.25) is 0 Å². The van der Waals surface area contributed by atoms with Crippen LogP contribution < -0.4 is 14.8 Å². The van der Waals surface area contributed by atoms with Crippen molar-refractivity contribution in [3.63, 3.8) is 0 Å². The van der Waals surface area contributed by atoms with E-state index in [1.165, 1.54) is 5.56 Å². The largest absolute Gasteiger partial charge is 0.454 e. The van der Waals surface area contributed by atoms with E-state index in [1.807, 2.05) is 18.2 Å². The summed E-state index contributed by atoms with van der Waals surface area (Å²) in [6.45, 7) is 3.30. The molecular formula is C15H17N3O2S. The van der Waals surface area contributed by atoms with Gasteiger partial charge in [0.15, 0.2) is 16.7 Å². The number of nitrogens with zero attached hydrogens (tertiary/aromatic N) is 2. The molecule has 0 spiro atoms. The summed E-state index contributed by atoms with van der Waals surface area (Å²) in [5.41, 5.74) is 1.18. The topological polar surface area (TPSA) is 56.3 Å². The molecule has 0 fully saturated rings. The minimum atomic E-state index is 0.221. The van der Waals surface area contributed by atoms with Crippen molar-refractivity contribution in [2.45, 2.75) is 18.1 Å². The first-order chi connectivity index (χ1) is 10.4. The van der Waals surface area contributed by atoms with Crippen LogP contribution in [0, 0.1) is 0 Å². The zero-order valence-electron chi connectivity index (χ0n) is 11.8. The van der Waals surface area contributed by atoms with Crippen molar-refractivity contribution in [2.24, 2.45) is 0 Å². The second kappa shape index (κ2) is 6.78. The van der Waals surface area contributed by atoms with Gasteiger partial charge in [-0.1, -0.05) is 24.8 Å². The quantitative estimate of drug-likeness (QED) is 0.654. The predicted octanol–water partition coefficient (Wildman–Crippen LogP) is 2.65. The van der Waals surface area contributed by atoms with Crippen molar-refractivity contribution >= 4 is 11.8 Å². The van der Waals surface area contributed by atoms with E-state index in [4.69, 9.17) is 9.47 Å². The van der Waals surface area contributed by atoms with Crippen LogP contribution in [0.1, 0.15) is 18.5 Å². The number of ether oxygens (including phenoxy) is 2. The molecule has 0 bridgehead atoms.